The van der Waals surface area contributed by atoms with Crippen LogP contribution >= 0.6 is 11.3 Å². The van der Waals surface area contributed by atoms with Crippen LogP contribution < -0.4 is 5.32 Å². The van der Waals surface area contributed by atoms with E-state index < -0.39 is 0 Å². The van der Waals surface area contributed by atoms with Gasteiger partial charge in [-0.3, -0.25) is 0 Å². The summed E-state index contributed by atoms with van der Waals surface area (Å²) >= 11 is 1.74. The Labute approximate surface area is 146 Å². The summed E-state index contributed by atoms with van der Waals surface area (Å²) < 4.78 is 0. The number of hydrogen-bond acceptors (Lipinski definition) is 5. The predicted octanol–water partition coefficient (Wildman–Crippen LogP) is 4.28. The Bertz CT molecular complexity index is 811. The van der Waals surface area contributed by atoms with Gasteiger partial charge in [0.25, 0.3) is 0 Å². The molecule has 0 saturated heterocycles. The van der Waals surface area contributed by atoms with Gasteiger partial charge in [-0.2, -0.15) is 0 Å². The third-order valence-electron chi connectivity index (χ3n) is 4.16. The number of thiophene rings is 1. The summed E-state index contributed by atoms with van der Waals surface area (Å²) in [6.07, 6.45) is 4.34. The fourth-order valence-electron chi connectivity index (χ4n) is 2.86. The zero-order valence-electron chi connectivity index (χ0n) is 14.2. The van der Waals surface area contributed by atoms with Crippen molar-refractivity contribution in [1.29, 1.82) is 0 Å². The summed E-state index contributed by atoms with van der Waals surface area (Å²) in [4.78, 5) is 11.3. The number of fused-ring (bicyclic) bond motifs is 1. The van der Waals surface area contributed by atoms with Gasteiger partial charge in [-0.25, -0.2) is 9.97 Å². The monoisotopic (exact) mass is 341 g/mol. The molecule has 0 saturated carbocycles. The van der Waals surface area contributed by atoms with E-state index in [0.29, 0.717) is 13.0 Å². The first kappa shape index (κ1) is 16.9. The van der Waals surface area contributed by atoms with Crippen molar-refractivity contribution >= 4 is 27.4 Å². The van der Waals surface area contributed by atoms with Gasteiger partial charge in [-0.1, -0.05) is 38.1 Å². The summed E-state index contributed by atoms with van der Waals surface area (Å²) in [5.74, 6) is 0.860. The van der Waals surface area contributed by atoms with Crippen molar-refractivity contribution in [2.24, 2.45) is 0 Å². The molecule has 2 aromatic heterocycles. The molecule has 0 fully saturated rings. The van der Waals surface area contributed by atoms with Gasteiger partial charge in [0.15, 0.2) is 0 Å². The van der Waals surface area contributed by atoms with Crippen LogP contribution in [0.4, 0.5) is 5.82 Å². The Balaban J connectivity index is 2.12. The second kappa shape index (κ2) is 7.73. The quantitative estimate of drug-likeness (QED) is 0.630. The average molecular weight is 341 g/mol. The summed E-state index contributed by atoms with van der Waals surface area (Å²) in [6.45, 7) is 5.23. The lowest BCUT2D eigenvalue weighted by Crippen LogP contribution is -2.05. The minimum Gasteiger partial charge on any atom is -0.396 e. The Morgan fingerprint density at radius 2 is 1.88 bits per heavy atom. The van der Waals surface area contributed by atoms with Crippen LogP contribution in [-0.2, 0) is 12.8 Å². The van der Waals surface area contributed by atoms with E-state index in [9.17, 15) is 0 Å². The number of nitrogens with zero attached hydrogens (tertiary/aromatic N) is 2. The first-order valence-electron chi connectivity index (χ1n) is 8.48. The van der Waals surface area contributed by atoms with Gasteiger partial charge in [-0.05, 0) is 30.4 Å². The molecule has 4 nitrogen and oxygen atoms in total. The standard InChI is InChI=1S/C19H23N3OS/c1-3-13-6-8-14(9-7-13)16-15(4-2)24-19-17(16)18(21-12-22-19)20-10-5-11-23/h6-9,12,23H,3-5,10-11H2,1-2H3,(H,20,21,22). The SMILES string of the molecule is CCc1ccc(-c2c(CC)sc3ncnc(NCCCO)c23)cc1. The summed E-state index contributed by atoms with van der Waals surface area (Å²) in [7, 11) is 0. The lowest BCUT2D eigenvalue weighted by Gasteiger charge is -2.09. The van der Waals surface area contributed by atoms with Crippen LogP contribution in [0.5, 0.6) is 0 Å². The third kappa shape index (κ3) is 3.28. The molecule has 126 valence electrons. The number of aliphatic hydroxyl groups is 1. The number of nitrogens with one attached hydrogen (secondary N) is 1. The minimum absolute atomic E-state index is 0.177. The molecule has 0 spiro atoms. The maximum atomic E-state index is 9.01. The first-order valence-corrected chi connectivity index (χ1v) is 9.30. The van der Waals surface area contributed by atoms with E-state index in [-0.39, 0.29) is 6.61 Å². The molecule has 0 amide bonds. The molecule has 0 radical (unpaired) electrons. The molecule has 0 aliphatic carbocycles. The van der Waals surface area contributed by atoms with Crippen molar-refractivity contribution in [2.75, 3.05) is 18.5 Å². The molecule has 2 N–H and O–H groups in total. The van der Waals surface area contributed by atoms with Crippen LogP contribution in [0.15, 0.2) is 30.6 Å². The fourth-order valence-corrected chi connectivity index (χ4v) is 3.96. The van der Waals surface area contributed by atoms with E-state index in [0.717, 1.165) is 28.9 Å². The minimum atomic E-state index is 0.177. The predicted molar refractivity (Wildman–Crippen MR) is 102 cm³/mol. The molecule has 24 heavy (non-hydrogen) atoms. The molecule has 0 unspecified atom stereocenters. The summed E-state index contributed by atoms with van der Waals surface area (Å²) in [6, 6.07) is 8.79. The lowest BCUT2D eigenvalue weighted by atomic mass is 10.00. The number of aliphatic hydroxyl groups excluding tert-OH is 1. The zero-order valence-corrected chi connectivity index (χ0v) is 15.0. The molecule has 2 heterocycles. The van der Waals surface area contributed by atoms with Gasteiger partial charge < -0.3 is 10.4 Å². The summed E-state index contributed by atoms with van der Waals surface area (Å²) in [5.41, 5.74) is 3.80. The normalized spacial score (nSPS) is 11.1. The van der Waals surface area contributed by atoms with Gasteiger partial charge >= 0.3 is 0 Å². The van der Waals surface area contributed by atoms with Crippen LogP contribution in [0.1, 0.15) is 30.7 Å². The maximum Gasteiger partial charge on any atom is 0.138 e. The number of benzene rings is 1. The number of hydrogen-bond donors (Lipinski definition) is 2. The van der Waals surface area contributed by atoms with Crippen LogP contribution in [0.3, 0.4) is 0 Å². The highest BCUT2D eigenvalue weighted by molar-refractivity contribution is 7.19. The molecule has 0 aliphatic heterocycles. The van der Waals surface area contributed by atoms with E-state index in [1.54, 1.807) is 17.7 Å². The average Bonchev–Trinajstić information content (AvgIpc) is 3.01. The highest BCUT2D eigenvalue weighted by Gasteiger charge is 2.17. The van der Waals surface area contributed by atoms with Crippen molar-refractivity contribution < 1.29 is 5.11 Å². The van der Waals surface area contributed by atoms with E-state index in [1.807, 2.05) is 0 Å². The molecule has 1 aromatic carbocycles. The molecule has 3 rings (SSSR count). The van der Waals surface area contributed by atoms with Gasteiger partial charge in [0.05, 0.1) is 5.39 Å². The highest BCUT2D eigenvalue weighted by atomic mass is 32.1. The topological polar surface area (TPSA) is 58.0 Å². The van der Waals surface area contributed by atoms with E-state index >= 15 is 0 Å². The van der Waals surface area contributed by atoms with Gasteiger partial charge in [0.2, 0.25) is 0 Å². The van der Waals surface area contributed by atoms with Crippen molar-refractivity contribution in [3.63, 3.8) is 0 Å². The van der Waals surface area contributed by atoms with Crippen molar-refractivity contribution in [2.45, 2.75) is 33.1 Å². The van der Waals surface area contributed by atoms with Gasteiger partial charge in [-0.15, -0.1) is 11.3 Å². The maximum absolute atomic E-state index is 9.01. The van der Waals surface area contributed by atoms with E-state index in [4.69, 9.17) is 5.11 Å². The van der Waals surface area contributed by atoms with Crippen LogP contribution in [-0.4, -0.2) is 28.2 Å². The van der Waals surface area contributed by atoms with Crippen molar-refractivity contribution in [3.8, 4) is 11.1 Å². The second-order valence-electron chi connectivity index (χ2n) is 5.71. The van der Waals surface area contributed by atoms with Gasteiger partial charge in [0.1, 0.15) is 17.0 Å². The molecule has 3 aromatic rings. The van der Waals surface area contributed by atoms with Crippen molar-refractivity contribution in [3.05, 3.63) is 41.0 Å². The Morgan fingerprint density at radius 1 is 1.08 bits per heavy atom. The zero-order chi connectivity index (χ0) is 16.9. The summed E-state index contributed by atoms with van der Waals surface area (Å²) in [5, 5.41) is 13.5. The lowest BCUT2D eigenvalue weighted by molar-refractivity contribution is 0.292. The molecule has 0 bridgehead atoms. The van der Waals surface area contributed by atoms with E-state index in [1.165, 1.54) is 21.6 Å². The largest absolute Gasteiger partial charge is 0.396 e. The smallest absolute Gasteiger partial charge is 0.138 e. The Morgan fingerprint density at radius 3 is 2.54 bits per heavy atom. The Kier molecular flexibility index (Phi) is 5.43. The fraction of sp³-hybridized carbons (Fsp3) is 0.368. The first-order chi connectivity index (χ1) is 11.8. The molecular formula is C19H23N3OS. The molecular weight excluding hydrogens is 318 g/mol. The van der Waals surface area contributed by atoms with Crippen LogP contribution in [0, 0.1) is 0 Å². The van der Waals surface area contributed by atoms with Crippen molar-refractivity contribution in [1.82, 2.24) is 9.97 Å². The molecule has 0 aliphatic rings. The third-order valence-corrected chi connectivity index (χ3v) is 5.40. The Hall–Kier alpha value is -1.98. The second-order valence-corrected chi connectivity index (χ2v) is 6.79. The van der Waals surface area contributed by atoms with E-state index in [2.05, 4.69) is 53.4 Å². The number of anilines is 1. The van der Waals surface area contributed by atoms with Crippen LogP contribution in [0.25, 0.3) is 21.3 Å². The molecule has 0 atom stereocenters. The van der Waals surface area contributed by atoms with Gasteiger partial charge in [0, 0.05) is 23.6 Å². The number of aromatic nitrogens is 2. The highest BCUT2D eigenvalue weighted by Crippen LogP contribution is 2.41. The number of aryl methyl sites for hydroxylation is 2. The number of rotatable bonds is 7. The van der Waals surface area contributed by atoms with Crippen LogP contribution in [0.2, 0.25) is 0 Å². The molecule has 5 heteroatoms.